The second-order valence-corrected chi connectivity index (χ2v) is 4.82. The van der Waals surface area contributed by atoms with Gasteiger partial charge in [0, 0.05) is 30.8 Å². The summed E-state index contributed by atoms with van der Waals surface area (Å²) in [5, 5.41) is 10.7. The number of nitro benzene ring substituents is 1. The quantitative estimate of drug-likeness (QED) is 0.262. The first-order valence-electron chi connectivity index (χ1n) is 6.60. The summed E-state index contributed by atoms with van der Waals surface area (Å²) in [4.78, 5) is 34.8. The van der Waals surface area contributed by atoms with Crippen molar-refractivity contribution in [3.8, 4) is 0 Å². The number of benzene rings is 1. The lowest BCUT2D eigenvalue weighted by Gasteiger charge is -2.17. The molecular weight excluding hydrogens is 276 g/mol. The van der Waals surface area contributed by atoms with Crippen LogP contribution < -0.4 is 16.2 Å². The van der Waals surface area contributed by atoms with Crippen LogP contribution in [0.25, 0.3) is 0 Å². The van der Waals surface area contributed by atoms with Gasteiger partial charge in [0.25, 0.3) is 5.69 Å². The molecule has 0 atom stereocenters. The number of nitrogens with one attached hydrogen (secondary N) is 1. The van der Waals surface area contributed by atoms with Crippen LogP contribution in [-0.4, -0.2) is 23.3 Å². The molecular formula is C13H16N4O4. The van der Waals surface area contributed by atoms with E-state index in [0.717, 1.165) is 0 Å². The van der Waals surface area contributed by atoms with E-state index in [2.05, 4.69) is 5.43 Å². The van der Waals surface area contributed by atoms with E-state index >= 15 is 0 Å². The summed E-state index contributed by atoms with van der Waals surface area (Å²) >= 11 is 0. The number of carbonyl (C=O) groups excluding carboxylic acids is 2. The number of fused-ring (bicyclic) bond motifs is 1. The number of hydrogen-bond acceptors (Lipinski definition) is 5. The first-order valence-corrected chi connectivity index (χ1v) is 6.60. The Balaban J connectivity index is 1.99. The van der Waals surface area contributed by atoms with Crippen LogP contribution >= 0.6 is 0 Å². The Hall–Kier alpha value is -2.48. The molecule has 8 nitrogen and oxygen atoms in total. The fourth-order valence-corrected chi connectivity index (χ4v) is 2.36. The first-order chi connectivity index (χ1) is 10.0. The zero-order chi connectivity index (χ0) is 15.4. The third-order valence-electron chi connectivity index (χ3n) is 3.40. The van der Waals surface area contributed by atoms with E-state index in [1.54, 1.807) is 11.0 Å². The van der Waals surface area contributed by atoms with Crippen molar-refractivity contribution in [2.75, 3.05) is 11.4 Å². The summed E-state index contributed by atoms with van der Waals surface area (Å²) in [6.07, 6.45) is 1.77. The van der Waals surface area contributed by atoms with E-state index in [1.165, 1.54) is 12.1 Å². The van der Waals surface area contributed by atoms with Crippen molar-refractivity contribution in [1.29, 1.82) is 0 Å². The van der Waals surface area contributed by atoms with Gasteiger partial charge in [-0.1, -0.05) is 0 Å². The van der Waals surface area contributed by atoms with Gasteiger partial charge in [-0.2, -0.15) is 0 Å². The number of nitrogens with two attached hydrogens (primary N) is 1. The fourth-order valence-electron chi connectivity index (χ4n) is 2.36. The monoisotopic (exact) mass is 292 g/mol. The predicted molar refractivity (Wildman–Crippen MR) is 75.3 cm³/mol. The van der Waals surface area contributed by atoms with Gasteiger partial charge in [0.15, 0.2) is 0 Å². The second-order valence-electron chi connectivity index (χ2n) is 4.82. The van der Waals surface area contributed by atoms with E-state index in [1.807, 2.05) is 0 Å². The molecule has 0 aliphatic carbocycles. The zero-order valence-corrected chi connectivity index (χ0v) is 11.4. The van der Waals surface area contributed by atoms with Crippen molar-refractivity contribution in [2.24, 2.45) is 5.84 Å². The Kier molecular flexibility index (Phi) is 4.49. The number of carbonyl (C=O) groups is 2. The standard InChI is InChI=1S/C13H16N4O4/c14-15-12(18)3-1-2-6-16-11-5-4-10(17(20)21)7-9(11)8-13(16)19/h4-5,7H,1-3,6,8,14H2,(H,15,18). The minimum Gasteiger partial charge on any atom is -0.312 e. The van der Waals surface area contributed by atoms with Gasteiger partial charge in [-0.25, -0.2) is 5.84 Å². The molecule has 2 amide bonds. The van der Waals surface area contributed by atoms with Gasteiger partial charge >= 0.3 is 0 Å². The van der Waals surface area contributed by atoms with Crippen LogP contribution in [0.5, 0.6) is 0 Å². The molecule has 1 heterocycles. The minimum absolute atomic E-state index is 0.0111. The number of nitro groups is 1. The molecule has 2 rings (SSSR count). The maximum atomic E-state index is 12.0. The predicted octanol–water partition coefficient (Wildman–Crippen LogP) is 0.644. The Morgan fingerprint density at radius 2 is 2.19 bits per heavy atom. The van der Waals surface area contributed by atoms with Crippen LogP contribution in [0.15, 0.2) is 18.2 Å². The highest BCUT2D eigenvalue weighted by Gasteiger charge is 2.28. The summed E-state index contributed by atoms with van der Waals surface area (Å²) in [5.74, 6) is 4.67. The normalized spacial score (nSPS) is 13.2. The lowest BCUT2D eigenvalue weighted by atomic mass is 10.1. The van der Waals surface area contributed by atoms with Gasteiger partial charge in [0.2, 0.25) is 11.8 Å². The van der Waals surface area contributed by atoms with Gasteiger partial charge in [-0.05, 0) is 24.5 Å². The van der Waals surface area contributed by atoms with Crippen LogP contribution in [-0.2, 0) is 16.0 Å². The maximum absolute atomic E-state index is 12.0. The summed E-state index contributed by atoms with van der Waals surface area (Å²) in [6, 6.07) is 4.44. The molecule has 0 saturated heterocycles. The number of hydrogen-bond donors (Lipinski definition) is 2. The van der Waals surface area contributed by atoms with Gasteiger partial charge < -0.3 is 4.90 Å². The average Bonchev–Trinajstić information content (AvgIpc) is 2.78. The molecule has 3 N–H and O–H groups in total. The Morgan fingerprint density at radius 3 is 2.86 bits per heavy atom. The number of rotatable bonds is 6. The van der Waals surface area contributed by atoms with Crippen LogP contribution in [0.4, 0.5) is 11.4 Å². The van der Waals surface area contributed by atoms with E-state index in [4.69, 9.17) is 5.84 Å². The minimum atomic E-state index is -0.473. The highest BCUT2D eigenvalue weighted by atomic mass is 16.6. The molecule has 0 aromatic heterocycles. The Labute approximate surface area is 121 Å². The van der Waals surface area contributed by atoms with Gasteiger partial charge in [0.05, 0.1) is 11.3 Å². The van der Waals surface area contributed by atoms with Gasteiger partial charge in [-0.15, -0.1) is 0 Å². The number of anilines is 1. The van der Waals surface area contributed by atoms with Gasteiger partial charge in [-0.3, -0.25) is 25.1 Å². The lowest BCUT2D eigenvalue weighted by molar-refractivity contribution is -0.384. The fraction of sp³-hybridized carbons (Fsp3) is 0.385. The van der Waals surface area contributed by atoms with Crippen molar-refractivity contribution in [3.05, 3.63) is 33.9 Å². The summed E-state index contributed by atoms with van der Waals surface area (Å²) < 4.78 is 0. The summed E-state index contributed by atoms with van der Waals surface area (Å²) in [7, 11) is 0. The number of unbranched alkanes of at least 4 members (excludes halogenated alkanes) is 1. The van der Waals surface area contributed by atoms with Crippen LogP contribution in [0.1, 0.15) is 24.8 Å². The maximum Gasteiger partial charge on any atom is 0.269 e. The molecule has 0 radical (unpaired) electrons. The topological polar surface area (TPSA) is 119 Å². The molecule has 112 valence electrons. The largest absolute Gasteiger partial charge is 0.312 e. The molecule has 1 aliphatic heterocycles. The summed E-state index contributed by atoms with van der Waals surface area (Å²) in [5.41, 5.74) is 3.43. The van der Waals surface area contributed by atoms with Crippen molar-refractivity contribution < 1.29 is 14.5 Å². The number of nitrogens with zero attached hydrogens (tertiary/aromatic N) is 2. The van der Waals surface area contributed by atoms with Gasteiger partial charge in [0.1, 0.15) is 0 Å². The lowest BCUT2D eigenvalue weighted by Crippen LogP contribution is -2.30. The van der Waals surface area contributed by atoms with Crippen molar-refractivity contribution in [1.82, 2.24) is 5.43 Å². The molecule has 8 heteroatoms. The third-order valence-corrected chi connectivity index (χ3v) is 3.40. The Morgan fingerprint density at radius 1 is 1.43 bits per heavy atom. The molecule has 1 aliphatic rings. The first kappa shape index (κ1) is 14.9. The van der Waals surface area contributed by atoms with E-state index in [0.29, 0.717) is 37.1 Å². The SMILES string of the molecule is NNC(=O)CCCCN1C(=O)Cc2cc([N+](=O)[O-])ccc21. The molecule has 0 bridgehead atoms. The van der Waals surface area contributed by atoms with Crippen LogP contribution in [0.2, 0.25) is 0 Å². The van der Waals surface area contributed by atoms with Crippen LogP contribution in [0, 0.1) is 10.1 Å². The van der Waals surface area contributed by atoms with Crippen molar-refractivity contribution in [3.63, 3.8) is 0 Å². The van der Waals surface area contributed by atoms with E-state index in [9.17, 15) is 19.7 Å². The van der Waals surface area contributed by atoms with Crippen LogP contribution in [0.3, 0.4) is 0 Å². The molecule has 21 heavy (non-hydrogen) atoms. The zero-order valence-electron chi connectivity index (χ0n) is 11.4. The van der Waals surface area contributed by atoms with E-state index in [-0.39, 0.29) is 23.9 Å². The molecule has 0 spiro atoms. The number of non-ortho nitro benzene ring substituents is 1. The number of amides is 2. The van der Waals surface area contributed by atoms with Crippen molar-refractivity contribution >= 4 is 23.2 Å². The highest BCUT2D eigenvalue weighted by Crippen LogP contribution is 2.32. The summed E-state index contributed by atoms with van der Waals surface area (Å²) in [6.45, 7) is 0.488. The molecule has 1 aromatic rings. The average molecular weight is 292 g/mol. The highest BCUT2D eigenvalue weighted by molar-refractivity contribution is 6.01. The number of hydrazine groups is 1. The van der Waals surface area contributed by atoms with E-state index < -0.39 is 4.92 Å². The third kappa shape index (κ3) is 3.34. The van der Waals surface area contributed by atoms with Crippen molar-refractivity contribution in [2.45, 2.75) is 25.7 Å². The smallest absolute Gasteiger partial charge is 0.269 e. The molecule has 0 unspecified atom stereocenters. The molecule has 1 aromatic carbocycles. The molecule has 0 saturated carbocycles. The second kappa shape index (κ2) is 6.31. The Bertz CT molecular complexity index is 588. The molecule has 0 fully saturated rings.